The van der Waals surface area contributed by atoms with Gasteiger partial charge in [-0.2, -0.15) is 0 Å². The minimum atomic E-state index is -1.60. The summed E-state index contributed by atoms with van der Waals surface area (Å²) in [4.78, 5) is 3.67. The molecule has 1 rings (SSSR count). The number of hydrogen-bond acceptors (Lipinski definition) is 4. The number of aromatic nitrogens is 1. The van der Waals surface area contributed by atoms with Gasteiger partial charge in [0.2, 0.25) is 0 Å². The summed E-state index contributed by atoms with van der Waals surface area (Å²) in [6.07, 6.45) is 1.30. The second-order valence-corrected chi connectivity index (χ2v) is 2.52. The van der Waals surface area contributed by atoms with Crippen LogP contribution in [0.15, 0.2) is 12.3 Å². The summed E-state index contributed by atoms with van der Waals surface area (Å²) < 4.78 is 4.84. The lowest BCUT2D eigenvalue weighted by Crippen LogP contribution is -2.32. The van der Waals surface area contributed by atoms with Gasteiger partial charge in [0.15, 0.2) is 0 Å². The average molecular weight is 187 g/mol. The topological polar surface area (TPSA) is 62.6 Å². The number of methoxy groups -OCH3 is 1. The smallest absolute Gasteiger partial charge is 0.495 e. The number of halogens is 1. The molecule has 0 aliphatic rings. The molecule has 6 heteroatoms. The molecule has 0 saturated carbocycles. The normalized spacial score (nSPS) is 9.67. The van der Waals surface area contributed by atoms with Gasteiger partial charge >= 0.3 is 7.12 Å². The Morgan fingerprint density at radius 1 is 1.58 bits per heavy atom. The molecule has 0 aliphatic carbocycles. The van der Waals surface area contributed by atoms with Gasteiger partial charge in [-0.15, -0.1) is 0 Å². The highest BCUT2D eigenvalue weighted by Gasteiger charge is 2.14. The molecule has 0 aromatic carbocycles. The second kappa shape index (κ2) is 3.75. The van der Waals surface area contributed by atoms with E-state index in [1.165, 1.54) is 19.4 Å². The van der Waals surface area contributed by atoms with Crippen LogP contribution in [0.1, 0.15) is 0 Å². The lowest BCUT2D eigenvalue weighted by atomic mass is 9.86. The zero-order valence-corrected chi connectivity index (χ0v) is 7.12. The molecule has 0 amide bonds. The maximum atomic E-state index is 8.73. The molecule has 0 unspecified atom stereocenters. The van der Waals surface area contributed by atoms with Crippen molar-refractivity contribution in [1.29, 1.82) is 0 Å². The molecule has 0 atom stereocenters. The van der Waals surface area contributed by atoms with E-state index in [1.54, 1.807) is 0 Å². The largest absolute Gasteiger partial charge is 0.508 e. The third-order valence-corrected chi connectivity index (χ3v) is 1.61. The van der Waals surface area contributed by atoms with Gasteiger partial charge in [-0.25, -0.2) is 0 Å². The Morgan fingerprint density at radius 3 is 2.75 bits per heavy atom. The fourth-order valence-corrected chi connectivity index (χ4v) is 0.913. The number of ether oxygens (including phenoxy) is 1. The Balaban J connectivity index is 3.05. The Bertz CT molecular complexity index is 281. The Labute approximate surface area is 74.9 Å². The zero-order chi connectivity index (χ0) is 9.14. The van der Waals surface area contributed by atoms with Gasteiger partial charge < -0.3 is 14.8 Å². The molecule has 1 heterocycles. The predicted octanol–water partition coefficient (Wildman–Crippen LogP) is -0.577. The maximum Gasteiger partial charge on any atom is 0.508 e. The molecule has 2 N–H and O–H groups in total. The Morgan fingerprint density at radius 2 is 2.25 bits per heavy atom. The van der Waals surface area contributed by atoms with E-state index >= 15 is 0 Å². The first-order chi connectivity index (χ1) is 5.65. The lowest BCUT2D eigenvalue weighted by Gasteiger charge is -2.04. The fraction of sp³-hybridized carbons (Fsp3) is 0.167. The van der Waals surface area contributed by atoms with Gasteiger partial charge in [0.05, 0.1) is 12.7 Å². The van der Waals surface area contributed by atoms with Gasteiger partial charge in [0.25, 0.3) is 0 Å². The van der Waals surface area contributed by atoms with Crippen LogP contribution >= 0.6 is 11.6 Å². The standard InChI is InChI=1S/C6H7BClNO3/c1-12-5-2-6(7(10)11)9-3-4(5)8/h2-3,10-11H,1H3. The average Bonchev–Trinajstić information content (AvgIpc) is 2.05. The van der Waals surface area contributed by atoms with Gasteiger partial charge in [-0.1, -0.05) is 11.6 Å². The summed E-state index contributed by atoms with van der Waals surface area (Å²) in [5.74, 6) is 0.370. The molecular formula is C6H7BClNO3. The first-order valence-electron chi connectivity index (χ1n) is 3.20. The summed E-state index contributed by atoms with van der Waals surface area (Å²) >= 11 is 5.65. The first-order valence-corrected chi connectivity index (χ1v) is 3.58. The predicted molar refractivity (Wildman–Crippen MR) is 45.6 cm³/mol. The van der Waals surface area contributed by atoms with Crippen molar-refractivity contribution in [3.8, 4) is 5.75 Å². The van der Waals surface area contributed by atoms with E-state index in [1.807, 2.05) is 0 Å². The summed E-state index contributed by atoms with van der Waals surface area (Å²) in [5, 5.41) is 17.8. The third-order valence-electron chi connectivity index (χ3n) is 1.33. The quantitative estimate of drug-likeness (QED) is 0.608. The highest BCUT2D eigenvalue weighted by atomic mass is 35.5. The number of nitrogens with zero attached hydrogens (tertiary/aromatic N) is 1. The molecule has 0 bridgehead atoms. The molecular weight excluding hydrogens is 180 g/mol. The van der Waals surface area contributed by atoms with Crippen LogP contribution < -0.4 is 10.3 Å². The molecule has 64 valence electrons. The monoisotopic (exact) mass is 187 g/mol. The van der Waals surface area contributed by atoms with Crippen molar-refractivity contribution in [3.63, 3.8) is 0 Å². The van der Waals surface area contributed by atoms with E-state index in [-0.39, 0.29) is 5.59 Å². The van der Waals surface area contributed by atoms with Gasteiger partial charge in [-0.05, 0) is 6.07 Å². The first kappa shape index (κ1) is 9.31. The van der Waals surface area contributed by atoms with Crippen LogP contribution in [0.2, 0.25) is 5.02 Å². The van der Waals surface area contributed by atoms with Crippen molar-refractivity contribution in [1.82, 2.24) is 4.98 Å². The van der Waals surface area contributed by atoms with Crippen LogP contribution in [-0.4, -0.2) is 29.3 Å². The molecule has 0 radical (unpaired) electrons. The van der Waals surface area contributed by atoms with Crippen LogP contribution in [0.3, 0.4) is 0 Å². The molecule has 1 aromatic rings. The minimum Gasteiger partial charge on any atom is -0.495 e. The van der Waals surface area contributed by atoms with Crippen LogP contribution in [-0.2, 0) is 0 Å². The minimum absolute atomic E-state index is 0.108. The van der Waals surface area contributed by atoms with E-state index in [0.717, 1.165) is 0 Å². The highest BCUT2D eigenvalue weighted by Crippen LogP contribution is 2.20. The number of rotatable bonds is 2. The molecule has 12 heavy (non-hydrogen) atoms. The maximum absolute atomic E-state index is 8.73. The van der Waals surface area contributed by atoms with E-state index in [9.17, 15) is 0 Å². The van der Waals surface area contributed by atoms with Crippen molar-refractivity contribution in [2.75, 3.05) is 7.11 Å². The molecule has 1 aromatic heterocycles. The Hall–Kier alpha value is -0.775. The van der Waals surface area contributed by atoms with Crippen molar-refractivity contribution in [2.45, 2.75) is 0 Å². The van der Waals surface area contributed by atoms with E-state index in [4.69, 9.17) is 26.4 Å². The van der Waals surface area contributed by atoms with Crippen LogP contribution in [0, 0.1) is 0 Å². The molecule has 0 spiro atoms. The summed E-state index contributed by atoms with van der Waals surface area (Å²) in [6, 6.07) is 1.37. The highest BCUT2D eigenvalue weighted by molar-refractivity contribution is 6.57. The van der Waals surface area contributed by atoms with Gasteiger partial charge in [0.1, 0.15) is 10.8 Å². The van der Waals surface area contributed by atoms with Crippen molar-refractivity contribution >= 4 is 24.3 Å². The summed E-state index contributed by atoms with van der Waals surface area (Å²) in [7, 11) is -0.162. The van der Waals surface area contributed by atoms with E-state index in [0.29, 0.717) is 10.8 Å². The molecule has 4 nitrogen and oxygen atoms in total. The zero-order valence-electron chi connectivity index (χ0n) is 6.36. The van der Waals surface area contributed by atoms with Crippen molar-refractivity contribution in [2.24, 2.45) is 0 Å². The van der Waals surface area contributed by atoms with E-state index < -0.39 is 7.12 Å². The third kappa shape index (κ3) is 1.88. The number of hydrogen-bond donors (Lipinski definition) is 2. The number of pyridine rings is 1. The lowest BCUT2D eigenvalue weighted by molar-refractivity contribution is 0.411. The fourth-order valence-electron chi connectivity index (χ4n) is 0.733. The molecule has 0 saturated heterocycles. The molecule has 0 aliphatic heterocycles. The Kier molecular flexibility index (Phi) is 2.91. The summed E-state index contributed by atoms with van der Waals surface area (Å²) in [6.45, 7) is 0. The van der Waals surface area contributed by atoms with Gasteiger partial charge in [-0.3, -0.25) is 4.98 Å². The van der Waals surface area contributed by atoms with Crippen molar-refractivity contribution in [3.05, 3.63) is 17.3 Å². The molecule has 0 fully saturated rings. The summed E-state index contributed by atoms with van der Waals surface area (Å²) in [5.41, 5.74) is 0.108. The van der Waals surface area contributed by atoms with Crippen molar-refractivity contribution < 1.29 is 14.8 Å². The van der Waals surface area contributed by atoms with Gasteiger partial charge in [0, 0.05) is 6.20 Å². The van der Waals surface area contributed by atoms with Crippen LogP contribution in [0.25, 0.3) is 0 Å². The van der Waals surface area contributed by atoms with E-state index in [2.05, 4.69) is 4.98 Å². The second-order valence-electron chi connectivity index (χ2n) is 2.12. The van der Waals surface area contributed by atoms with Crippen LogP contribution in [0.5, 0.6) is 5.75 Å². The SMILES string of the molecule is COc1cc(B(O)O)ncc1Cl. The van der Waals surface area contributed by atoms with Crippen LogP contribution in [0.4, 0.5) is 0 Å².